The highest BCUT2D eigenvalue weighted by Crippen LogP contribution is 2.43. The third kappa shape index (κ3) is 2.80. The Balaban J connectivity index is 1.57. The molecule has 2 N–H and O–H groups in total. The van der Waals surface area contributed by atoms with Crippen molar-refractivity contribution in [3.05, 3.63) is 35.8 Å². The van der Waals surface area contributed by atoms with Crippen molar-refractivity contribution in [3.8, 4) is 0 Å². The van der Waals surface area contributed by atoms with Crippen molar-refractivity contribution in [1.29, 1.82) is 0 Å². The summed E-state index contributed by atoms with van der Waals surface area (Å²) in [6, 6.07) is 6.15. The molecule has 24 heavy (non-hydrogen) atoms. The van der Waals surface area contributed by atoms with Gasteiger partial charge in [-0.15, -0.1) is 0 Å². The summed E-state index contributed by atoms with van der Waals surface area (Å²) < 4.78 is 18.8. The number of halogens is 1. The van der Waals surface area contributed by atoms with Crippen LogP contribution in [0.5, 0.6) is 0 Å². The Morgan fingerprint density at radius 3 is 2.92 bits per heavy atom. The largest absolute Gasteiger partial charge is 0.480 e. The van der Waals surface area contributed by atoms with Crippen molar-refractivity contribution >= 4 is 16.9 Å². The van der Waals surface area contributed by atoms with Gasteiger partial charge in [0.05, 0.1) is 0 Å². The second kappa shape index (κ2) is 5.86. The average Bonchev–Trinajstić information content (AvgIpc) is 3.09. The molecule has 0 aliphatic carbocycles. The first-order chi connectivity index (χ1) is 11.5. The molecule has 3 heterocycles. The van der Waals surface area contributed by atoms with E-state index in [1.54, 1.807) is 6.07 Å². The number of benzene rings is 1. The first-order valence-corrected chi connectivity index (χ1v) is 8.36. The van der Waals surface area contributed by atoms with E-state index in [1.165, 1.54) is 12.1 Å². The number of hydrogen-bond donors (Lipinski definition) is 2. The Morgan fingerprint density at radius 1 is 1.38 bits per heavy atom. The van der Waals surface area contributed by atoms with Gasteiger partial charge in [-0.25, -0.2) is 4.39 Å². The molecule has 1 unspecified atom stereocenters. The van der Waals surface area contributed by atoms with E-state index in [0.717, 1.165) is 36.0 Å². The Kier molecular flexibility index (Phi) is 3.81. The second-order valence-corrected chi connectivity index (χ2v) is 7.10. The third-order valence-electron chi connectivity index (χ3n) is 5.46. The number of H-pyrrole nitrogens is 1. The first-order valence-electron chi connectivity index (χ1n) is 8.36. The average molecular weight is 332 g/mol. The number of aliphatic carboxylic acids is 1. The molecule has 128 valence electrons. The number of hydrogen-bond acceptors (Lipinski definition) is 3. The van der Waals surface area contributed by atoms with Gasteiger partial charge in [-0.3, -0.25) is 9.69 Å². The van der Waals surface area contributed by atoms with Crippen molar-refractivity contribution in [3.63, 3.8) is 0 Å². The smallest absolute Gasteiger partial charge is 0.320 e. The van der Waals surface area contributed by atoms with Crippen LogP contribution in [0.4, 0.5) is 4.39 Å². The zero-order valence-electron chi connectivity index (χ0n) is 13.4. The van der Waals surface area contributed by atoms with Crippen LogP contribution in [-0.4, -0.2) is 46.8 Å². The molecule has 2 aliphatic heterocycles. The molecule has 2 aliphatic rings. The number of carbonyl (C=O) groups is 1. The number of ether oxygens (including phenoxy) is 1. The number of fused-ring (bicyclic) bond motifs is 1. The van der Waals surface area contributed by atoms with Gasteiger partial charge >= 0.3 is 5.97 Å². The molecule has 2 aromatic rings. The minimum atomic E-state index is -0.763. The highest BCUT2D eigenvalue weighted by atomic mass is 19.1. The lowest BCUT2D eigenvalue weighted by molar-refractivity contribution is -0.142. The number of carboxylic acid groups (broad SMARTS) is 1. The van der Waals surface area contributed by atoms with E-state index in [-0.39, 0.29) is 11.2 Å². The molecule has 1 aromatic heterocycles. The zero-order valence-corrected chi connectivity index (χ0v) is 13.4. The number of likely N-dealkylation sites (tertiary alicyclic amines) is 1. The predicted molar refractivity (Wildman–Crippen MR) is 87.2 cm³/mol. The lowest BCUT2D eigenvalue weighted by Gasteiger charge is -2.33. The SMILES string of the molecule is O=C(O)C1CC2(CCOCC2)CN1Cc1cc2ccc(F)cc2[nH]1. The number of nitrogens with zero attached hydrogens (tertiary/aromatic N) is 1. The normalized spacial score (nSPS) is 24.0. The highest BCUT2D eigenvalue weighted by Gasteiger charge is 2.47. The number of carboxylic acids is 1. The Bertz CT molecular complexity index is 767. The van der Waals surface area contributed by atoms with Crippen molar-refractivity contribution in [2.75, 3.05) is 19.8 Å². The number of rotatable bonds is 3. The van der Waals surface area contributed by atoms with Gasteiger partial charge < -0.3 is 14.8 Å². The highest BCUT2D eigenvalue weighted by molar-refractivity contribution is 5.80. The molecular formula is C18H21FN2O3. The monoisotopic (exact) mass is 332 g/mol. The standard InChI is InChI=1S/C18H21FN2O3/c19-13-2-1-12-7-14(20-15(12)8-13)10-21-11-18(3-5-24-6-4-18)9-16(21)17(22)23/h1-2,7-8,16,20H,3-6,9-11H2,(H,22,23). The lowest BCUT2D eigenvalue weighted by Crippen LogP contribution is -2.36. The van der Waals surface area contributed by atoms with Crippen LogP contribution in [0.15, 0.2) is 24.3 Å². The van der Waals surface area contributed by atoms with E-state index in [9.17, 15) is 14.3 Å². The Hall–Kier alpha value is -1.92. The van der Waals surface area contributed by atoms with Crippen LogP contribution in [0.3, 0.4) is 0 Å². The van der Waals surface area contributed by atoms with Gasteiger partial charge in [0.2, 0.25) is 0 Å². The number of aromatic nitrogens is 1. The molecule has 6 heteroatoms. The van der Waals surface area contributed by atoms with Crippen molar-refractivity contribution in [2.24, 2.45) is 5.41 Å². The molecule has 4 rings (SSSR count). The fourth-order valence-electron chi connectivity index (χ4n) is 4.18. The summed E-state index contributed by atoms with van der Waals surface area (Å²) in [6.07, 6.45) is 2.52. The first kappa shape index (κ1) is 15.6. The van der Waals surface area contributed by atoms with Gasteiger partial charge in [0, 0.05) is 37.5 Å². The molecule has 5 nitrogen and oxygen atoms in total. The maximum absolute atomic E-state index is 13.3. The van der Waals surface area contributed by atoms with Gasteiger partial charge in [0.15, 0.2) is 0 Å². The molecular weight excluding hydrogens is 311 g/mol. The van der Waals surface area contributed by atoms with Crippen LogP contribution < -0.4 is 0 Å². The van der Waals surface area contributed by atoms with E-state index in [4.69, 9.17) is 4.74 Å². The summed E-state index contributed by atoms with van der Waals surface area (Å²) in [5, 5.41) is 10.6. The molecule has 0 bridgehead atoms. The summed E-state index contributed by atoms with van der Waals surface area (Å²) in [5.41, 5.74) is 1.72. The van der Waals surface area contributed by atoms with Crippen LogP contribution in [0, 0.1) is 11.2 Å². The summed E-state index contributed by atoms with van der Waals surface area (Å²) in [5.74, 6) is -1.04. The zero-order chi connectivity index (χ0) is 16.7. The van der Waals surface area contributed by atoms with Gasteiger partial charge in [0.25, 0.3) is 0 Å². The maximum atomic E-state index is 13.3. The van der Waals surface area contributed by atoms with Gasteiger partial charge in [0.1, 0.15) is 11.9 Å². The summed E-state index contributed by atoms with van der Waals surface area (Å²) >= 11 is 0. The maximum Gasteiger partial charge on any atom is 0.320 e. The van der Waals surface area contributed by atoms with E-state index in [0.29, 0.717) is 26.2 Å². The number of nitrogens with one attached hydrogen (secondary N) is 1. The van der Waals surface area contributed by atoms with Crippen LogP contribution in [0.25, 0.3) is 10.9 Å². The second-order valence-electron chi connectivity index (χ2n) is 7.10. The van der Waals surface area contributed by atoms with E-state index in [2.05, 4.69) is 4.98 Å². The number of aromatic amines is 1. The minimum absolute atomic E-state index is 0.0550. The molecule has 2 saturated heterocycles. The fraction of sp³-hybridized carbons (Fsp3) is 0.500. The summed E-state index contributed by atoms with van der Waals surface area (Å²) in [4.78, 5) is 17.0. The summed E-state index contributed by atoms with van der Waals surface area (Å²) in [6.45, 7) is 2.74. The fourth-order valence-corrected chi connectivity index (χ4v) is 4.18. The lowest BCUT2D eigenvalue weighted by atomic mass is 9.78. The van der Waals surface area contributed by atoms with Gasteiger partial charge in [-0.05, 0) is 54.3 Å². The van der Waals surface area contributed by atoms with Crippen molar-refractivity contribution in [2.45, 2.75) is 31.8 Å². The Morgan fingerprint density at radius 2 is 2.17 bits per heavy atom. The molecule has 0 saturated carbocycles. The molecule has 2 fully saturated rings. The quantitative estimate of drug-likeness (QED) is 0.907. The topological polar surface area (TPSA) is 65.6 Å². The molecule has 1 aromatic carbocycles. The van der Waals surface area contributed by atoms with Crippen LogP contribution in [0.2, 0.25) is 0 Å². The molecule has 0 amide bonds. The summed E-state index contributed by atoms with van der Waals surface area (Å²) in [7, 11) is 0. The van der Waals surface area contributed by atoms with Crippen LogP contribution >= 0.6 is 0 Å². The van der Waals surface area contributed by atoms with E-state index >= 15 is 0 Å². The van der Waals surface area contributed by atoms with Crippen LogP contribution in [-0.2, 0) is 16.1 Å². The minimum Gasteiger partial charge on any atom is -0.480 e. The molecule has 0 radical (unpaired) electrons. The third-order valence-corrected chi connectivity index (χ3v) is 5.46. The predicted octanol–water partition coefficient (Wildman–Crippen LogP) is 2.76. The van der Waals surface area contributed by atoms with Gasteiger partial charge in [-0.2, -0.15) is 0 Å². The van der Waals surface area contributed by atoms with Crippen LogP contribution in [0.1, 0.15) is 25.0 Å². The van der Waals surface area contributed by atoms with Gasteiger partial charge in [-0.1, -0.05) is 0 Å². The Labute approximate surface area is 139 Å². The van der Waals surface area contributed by atoms with Crippen molar-refractivity contribution in [1.82, 2.24) is 9.88 Å². The molecule has 1 spiro atoms. The van der Waals surface area contributed by atoms with E-state index < -0.39 is 12.0 Å². The molecule has 1 atom stereocenters. The van der Waals surface area contributed by atoms with E-state index in [1.807, 2.05) is 11.0 Å². The van der Waals surface area contributed by atoms with Crippen molar-refractivity contribution < 1.29 is 19.0 Å².